The molecule has 5 heteroatoms. The van der Waals surface area contributed by atoms with Crippen LogP contribution in [0.15, 0.2) is 71.3 Å². The molecule has 0 saturated heterocycles. The molecule has 1 amide bonds. The van der Waals surface area contributed by atoms with Gasteiger partial charge in [-0.25, -0.2) is 4.79 Å². The Hall–Kier alpha value is -3.08. The monoisotopic (exact) mass is 280 g/mol. The molecule has 0 fully saturated rings. The van der Waals surface area contributed by atoms with Gasteiger partial charge < -0.3 is 9.26 Å². The number of hydrogen-bond donors (Lipinski definition) is 1. The minimum absolute atomic E-state index is 0.301. The second kappa shape index (κ2) is 5.92. The molecule has 2 aromatic carbocycles. The summed E-state index contributed by atoms with van der Waals surface area (Å²) in [5.74, 6) is 1.34. The van der Waals surface area contributed by atoms with Crippen LogP contribution in [-0.4, -0.2) is 11.2 Å². The number of rotatable bonds is 3. The molecule has 0 atom stereocenters. The van der Waals surface area contributed by atoms with Crippen molar-refractivity contribution in [2.75, 3.05) is 5.32 Å². The predicted octanol–water partition coefficient (Wildman–Crippen LogP) is 3.95. The highest BCUT2D eigenvalue weighted by Crippen LogP contribution is 2.22. The molecule has 0 aliphatic rings. The first-order valence-corrected chi connectivity index (χ1v) is 6.37. The lowest BCUT2D eigenvalue weighted by Gasteiger charge is -2.02. The van der Waals surface area contributed by atoms with E-state index in [-0.39, 0.29) is 0 Å². The van der Waals surface area contributed by atoms with Crippen molar-refractivity contribution in [3.05, 3.63) is 66.7 Å². The van der Waals surface area contributed by atoms with E-state index in [1.54, 1.807) is 30.3 Å². The van der Waals surface area contributed by atoms with Gasteiger partial charge in [0.1, 0.15) is 5.75 Å². The molecular weight excluding hydrogens is 268 g/mol. The number of amides is 1. The predicted molar refractivity (Wildman–Crippen MR) is 78.0 cm³/mol. The number of nitrogens with zero attached hydrogens (tertiary/aromatic N) is 1. The van der Waals surface area contributed by atoms with Gasteiger partial charge in [0, 0.05) is 11.6 Å². The van der Waals surface area contributed by atoms with Gasteiger partial charge in [0.25, 0.3) is 0 Å². The van der Waals surface area contributed by atoms with Crippen LogP contribution in [0.4, 0.5) is 10.6 Å². The second-order valence-electron chi connectivity index (χ2n) is 4.27. The Kier molecular flexibility index (Phi) is 3.64. The molecule has 3 aromatic rings. The first kappa shape index (κ1) is 12.9. The number of benzene rings is 2. The number of hydrogen-bond acceptors (Lipinski definition) is 4. The van der Waals surface area contributed by atoms with E-state index in [1.807, 2.05) is 36.4 Å². The fraction of sp³-hybridized carbons (Fsp3) is 0. The van der Waals surface area contributed by atoms with Crippen LogP contribution < -0.4 is 10.1 Å². The zero-order valence-corrected chi connectivity index (χ0v) is 11.0. The number of para-hydroxylation sites is 1. The fourth-order valence-electron chi connectivity index (χ4n) is 1.80. The van der Waals surface area contributed by atoms with Gasteiger partial charge in [0.05, 0.1) is 0 Å². The van der Waals surface area contributed by atoms with Gasteiger partial charge in [-0.1, -0.05) is 53.7 Å². The van der Waals surface area contributed by atoms with Gasteiger partial charge in [-0.2, -0.15) is 0 Å². The van der Waals surface area contributed by atoms with Crippen molar-refractivity contribution in [3.63, 3.8) is 0 Å². The Morgan fingerprint density at radius 1 is 1.00 bits per heavy atom. The molecule has 0 unspecified atom stereocenters. The summed E-state index contributed by atoms with van der Waals surface area (Å²) in [5, 5.41) is 6.30. The van der Waals surface area contributed by atoms with Crippen LogP contribution in [0.3, 0.4) is 0 Å². The Balaban J connectivity index is 1.66. The summed E-state index contributed by atoms with van der Waals surface area (Å²) < 4.78 is 10.3. The number of carbonyl (C=O) groups is 1. The molecule has 0 spiro atoms. The first-order chi connectivity index (χ1) is 10.3. The number of aromatic nitrogens is 1. The molecule has 0 bridgehead atoms. The quantitative estimate of drug-likeness (QED) is 0.788. The highest BCUT2D eigenvalue weighted by molar-refractivity contribution is 5.85. The summed E-state index contributed by atoms with van der Waals surface area (Å²) in [4.78, 5) is 11.7. The molecule has 1 N–H and O–H groups in total. The summed E-state index contributed by atoms with van der Waals surface area (Å²) in [6, 6.07) is 19.9. The Morgan fingerprint density at radius 2 is 1.67 bits per heavy atom. The van der Waals surface area contributed by atoms with Gasteiger partial charge >= 0.3 is 6.09 Å². The molecule has 21 heavy (non-hydrogen) atoms. The zero-order chi connectivity index (χ0) is 14.5. The lowest BCUT2D eigenvalue weighted by atomic mass is 10.2. The summed E-state index contributed by atoms with van der Waals surface area (Å²) in [6.07, 6.45) is -0.617. The van der Waals surface area contributed by atoms with Crippen LogP contribution in [0.25, 0.3) is 11.3 Å². The van der Waals surface area contributed by atoms with E-state index in [9.17, 15) is 4.79 Å². The van der Waals surface area contributed by atoms with Crippen molar-refractivity contribution in [2.45, 2.75) is 0 Å². The minimum Gasteiger partial charge on any atom is -0.410 e. The zero-order valence-electron chi connectivity index (χ0n) is 11.0. The average Bonchev–Trinajstić information content (AvgIpc) is 2.97. The van der Waals surface area contributed by atoms with Crippen molar-refractivity contribution in [2.24, 2.45) is 0 Å². The van der Waals surface area contributed by atoms with E-state index in [2.05, 4.69) is 10.5 Å². The third kappa shape index (κ3) is 3.27. The highest BCUT2D eigenvalue weighted by Gasteiger charge is 2.10. The summed E-state index contributed by atoms with van der Waals surface area (Å²) >= 11 is 0. The molecule has 0 radical (unpaired) electrons. The van der Waals surface area contributed by atoms with Crippen molar-refractivity contribution in [1.82, 2.24) is 5.16 Å². The third-order valence-corrected chi connectivity index (χ3v) is 2.75. The maximum atomic E-state index is 11.7. The maximum absolute atomic E-state index is 11.7. The maximum Gasteiger partial charge on any atom is 0.418 e. The SMILES string of the molecule is O=C(Nc1cc(-c2ccccc2)on1)Oc1ccccc1. The van der Waals surface area contributed by atoms with E-state index in [1.165, 1.54) is 0 Å². The summed E-state index contributed by atoms with van der Waals surface area (Å²) in [5.41, 5.74) is 0.884. The van der Waals surface area contributed by atoms with Gasteiger partial charge in [-0.15, -0.1) is 0 Å². The first-order valence-electron chi connectivity index (χ1n) is 6.37. The Bertz CT molecular complexity index is 724. The molecule has 104 valence electrons. The minimum atomic E-state index is -0.617. The van der Waals surface area contributed by atoms with Crippen LogP contribution in [0.5, 0.6) is 5.75 Å². The van der Waals surface area contributed by atoms with Gasteiger partial charge in [-0.3, -0.25) is 5.32 Å². The normalized spacial score (nSPS) is 10.1. The summed E-state index contributed by atoms with van der Waals surface area (Å²) in [6.45, 7) is 0. The molecule has 5 nitrogen and oxygen atoms in total. The molecule has 0 aliphatic carbocycles. The highest BCUT2D eigenvalue weighted by atomic mass is 16.6. The lowest BCUT2D eigenvalue weighted by molar-refractivity contribution is 0.215. The fourth-order valence-corrected chi connectivity index (χ4v) is 1.80. The topological polar surface area (TPSA) is 64.4 Å². The van der Waals surface area contributed by atoms with Crippen LogP contribution in [0.1, 0.15) is 0 Å². The average molecular weight is 280 g/mol. The summed E-state index contributed by atoms with van der Waals surface area (Å²) in [7, 11) is 0. The van der Waals surface area contributed by atoms with Crippen LogP contribution in [0.2, 0.25) is 0 Å². The third-order valence-electron chi connectivity index (χ3n) is 2.75. The standard InChI is InChI=1S/C16H12N2O3/c19-16(20-13-9-5-2-6-10-13)17-15-11-14(21-18-15)12-7-3-1-4-8-12/h1-11H,(H,17,18,19). The molecule has 1 aromatic heterocycles. The van der Waals surface area contributed by atoms with E-state index in [4.69, 9.17) is 9.26 Å². The number of nitrogens with one attached hydrogen (secondary N) is 1. The van der Waals surface area contributed by atoms with Crippen molar-refractivity contribution in [1.29, 1.82) is 0 Å². The van der Waals surface area contributed by atoms with Crippen LogP contribution >= 0.6 is 0 Å². The molecule has 0 saturated carbocycles. The van der Waals surface area contributed by atoms with E-state index in [0.29, 0.717) is 17.3 Å². The smallest absolute Gasteiger partial charge is 0.410 e. The van der Waals surface area contributed by atoms with E-state index < -0.39 is 6.09 Å². The second-order valence-corrected chi connectivity index (χ2v) is 4.27. The largest absolute Gasteiger partial charge is 0.418 e. The van der Waals surface area contributed by atoms with E-state index >= 15 is 0 Å². The van der Waals surface area contributed by atoms with Gasteiger partial charge in [0.2, 0.25) is 0 Å². The van der Waals surface area contributed by atoms with Gasteiger partial charge in [0.15, 0.2) is 11.6 Å². The molecule has 3 rings (SSSR count). The Morgan fingerprint density at radius 3 is 2.38 bits per heavy atom. The number of ether oxygens (including phenoxy) is 1. The van der Waals surface area contributed by atoms with Gasteiger partial charge in [-0.05, 0) is 12.1 Å². The number of anilines is 1. The van der Waals surface area contributed by atoms with Crippen molar-refractivity contribution in [3.8, 4) is 17.1 Å². The lowest BCUT2D eigenvalue weighted by Crippen LogP contribution is -2.16. The molecule has 0 aliphatic heterocycles. The van der Waals surface area contributed by atoms with Crippen molar-refractivity contribution < 1.29 is 14.1 Å². The molecule has 1 heterocycles. The number of carbonyl (C=O) groups excluding carboxylic acids is 1. The Labute approximate surface area is 121 Å². The van der Waals surface area contributed by atoms with Crippen LogP contribution in [-0.2, 0) is 0 Å². The van der Waals surface area contributed by atoms with Crippen molar-refractivity contribution >= 4 is 11.9 Å². The van der Waals surface area contributed by atoms with Crippen LogP contribution in [0, 0.1) is 0 Å². The molecular formula is C16H12N2O3. The van der Waals surface area contributed by atoms with E-state index in [0.717, 1.165) is 5.56 Å².